The lowest BCUT2D eigenvalue weighted by Gasteiger charge is -2.21. The summed E-state index contributed by atoms with van der Waals surface area (Å²) in [6, 6.07) is 11.8. The van der Waals surface area contributed by atoms with Crippen LogP contribution in [0.5, 0.6) is 0 Å². The summed E-state index contributed by atoms with van der Waals surface area (Å²) < 4.78 is 40.1. The van der Waals surface area contributed by atoms with Gasteiger partial charge in [-0.3, -0.25) is 19.2 Å². The van der Waals surface area contributed by atoms with Crippen molar-refractivity contribution in [1.82, 2.24) is 4.90 Å². The van der Waals surface area contributed by atoms with E-state index in [-0.39, 0.29) is 30.2 Å². The van der Waals surface area contributed by atoms with Crippen LogP contribution in [0.4, 0.5) is 10.5 Å². The summed E-state index contributed by atoms with van der Waals surface area (Å²) in [7, 11) is -2.95. The van der Waals surface area contributed by atoms with E-state index in [1.165, 1.54) is 36.4 Å². The van der Waals surface area contributed by atoms with Gasteiger partial charge in [0.1, 0.15) is 12.6 Å². The fraction of sp³-hybridized carbons (Fsp3) is 0.300. The zero-order valence-corrected chi connectivity index (χ0v) is 17.8. The van der Waals surface area contributed by atoms with E-state index in [9.17, 15) is 28.1 Å². The number of amides is 1. The number of carbonyl (C=O) groups is 2. The summed E-state index contributed by atoms with van der Waals surface area (Å²) in [4.78, 5) is 35.9. The van der Waals surface area contributed by atoms with Gasteiger partial charge < -0.3 is 9.47 Å². The second-order valence-corrected chi connectivity index (χ2v) is 8.46. The predicted octanol–water partition coefficient (Wildman–Crippen LogP) is 2.25. The summed E-state index contributed by atoms with van der Waals surface area (Å²) in [5.74, 6) is -0.736. The first-order chi connectivity index (χ1) is 15.2. The van der Waals surface area contributed by atoms with Crippen LogP contribution in [0.1, 0.15) is 12.0 Å². The minimum atomic E-state index is -4.10. The number of benzene rings is 2. The van der Waals surface area contributed by atoms with E-state index in [0.717, 1.165) is 12.0 Å². The molecule has 0 N–H and O–H groups in total. The molecule has 1 aliphatic heterocycles. The molecule has 12 heteroatoms. The van der Waals surface area contributed by atoms with E-state index < -0.39 is 39.2 Å². The van der Waals surface area contributed by atoms with E-state index >= 15 is 0 Å². The first kappa shape index (κ1) is 23.2. The van der Waals surface area contributed by atoms with Crippen LogP contribution in [0.15, 0.2) is 59.5 Å². The largest absolute Gasteiger partial charge is 0.467 e. The molecule has 1 amide bonds. The number of hydrogen-bond donors (Lipinski definition) is 0. The molecule has 2 atom stereocenters. The van der Waals surface area contributed by atoms with E-state index in [0.29, 0.717) is 5.56 Å². The number of likely N-dealkylation sites (tertiary alicyclic amines) is 1. The van der Waals surface area contributed by atoms with Gasteiger partial charge in [-0.25, -0.2) is 9.59 Å². The lowest BCUT2D eigenvalue weighted by atomic mass is 10.2. The van der Waals surface area contributed by atoms with Crippen molar-refractivity contribution in [2.45, 2.75) is 30.1 Å². The SMILES string of the molecule is COC(=O)C1CC(OS(=O)(=O)c2ccccc2)CN1C(=O)OCc1ccc([N+](=O)[O-])cc1. The Morgan fingerprint density at radius 1 is 1.12 bits per heavy atom. The molecule has 0 radical (unpaired) electrons. The van der Waals surface area contributed by atoms with Gasteiger partial charge >= 0.3 is 12.1 Å². The van der Waals surface area contributed by atoms with Gasteiger partial charge in [0.2, 0.25) is 0 Å². The van der Waals surface area contributed by atoms with Crippen LogP contribution in [0.2, 0.25) is 0 Å². The third-order valence-electron chi connectivity index (χ3n) is 4.77. The molecule has 2 aromatic rings. The molecule has 0 bridgehead atoms. The smallest absolute Gasteiger partial charge is 0.410 e. The molecule has 1 fully saturated rings. The Kier molecular flexibility index (Phi) is 7.05. The number of nitro benzene ring substituents is 1. The van der Waals surface area contributed by atoms with Crippen molar-refractivity contribution < 1.29 is 36.6 Å². The molecule has 1 saturated heterocycles. The van der Waals surface area contributed by atoms with E-state index in [1.807, 2.05) is 0 Å². The molecule has 0 aromatic heterocycles. The molecule has 1 aliphatic rings. The maximum Gasteiger partial charge on any atom is 0.410 e. The van der Waals surface area contributed by atoms with Crippen LogP contribution in [0, 0.1) is 10.1 Å². The number of hydrogen-bond acceptors (Lipinski definition) is 9. The Bertz CT molecular complexity index is 1090. The predicted molar refractivity (Wildman–Crippen MR) is 109 cm³/mol. The zero-order chi connectivity index (χ0) is 23.3. The quantitative estimate of drug-likeness (QED) is 0.261. The molecule has 3 rings (SSSR count). The number of rotatable bonds is 7. The molecule has 0 spiro atoms. The van der Waals surface area contributed by atoms with Gasteiger partial charge in [-0.1, -0.05) is 18.2 Å². The van der Waals surface area contributed by atoms with Crippen molar-refractivity contribution in [3.05, 3.63) is 70.3 Å². The molecule has 11 nitrogen and oxygen atoms in total. The van der Waals surface area contributed by atoms with Gasteiger partial charge in [0, 0.05) is 18.6 Å². The summed E-state index contributed by atoms with van der Waals surface area (Å²) >= 11 is 0. The normalized spacial score (nSPS) is 18.2. The number of non-ortho nitro benzene ring substituents is 1. The van der Waals surface area contributed by atoms with Crippen molar-refractivity contribution >= 4 is 27.9 Å². The maximum absolute atomic E-state index is 12.6. The Labute approximate surface area is 183 Å². The number of methoxy groups -OCH3 is 1. The van der Waals surface area contributed by atoms with E-state index in [2.05, 4.69) is 0 Å². The highest BCUT2D eigenvalue weighted by atomic mass is 32.2. The molecule has 0 aliphatic carbocycles. The van der Waals surface area contributed by atoms with E-state index in [1.54, 1.807) is 18.2 Å². The van der Waals surface area contributed by atoms with Crippen LogP contribution in [0.3, 0.4) is 0 Å². The molecule has 2 unspecified atom stereocenters. The Morgan fingerprint density at radius 3 is 2.38 bits per heavy atom. The fourth-order valence-electron chi connectivity index (χ4n) is 3.19. The van der Waals surface area contributed by atoms with Gasteiger partial charge in [0.25, 0.3) is 15.8 Å². The average Bonchev–Trinajstić information content (AvgIpc) is 3.21. The van der Waals surface area contributed by atoms with Crippen molar-refractivity contribution in [2.24, 2.45) is 0 Å². The summed E-state index contributed by atoms with van der Waals surface area (Å²) in [6.45, 7) is -0.403. The van der Waals surface area contributed by atoms with Crippen LogP contribution in [-0.2, 0) is 35.2 Å². The second kappa shape index (κ2) is 9.75. The van der Waals surface area contributed by atoms with Crippen molar-refractivity contribution in [1.29, 1.82) is 0 Å². The molecule has 2 aromatic carbocycles. The van der Waals surface area contributed by atoms with Gasteiger partial charge in [-0.05, 0) is 29.8 Å². The minimum absolute atomic E-state index is 0.0474. The summed E-state index contributed by atoms with van der Waals surface area (Å²) in [5, 5.41) is 10.7. The average molecular weight is 464 g/mol. The van der Waals surface area contributed by atoms with Crippen LogP contribution >= 0.6 is 0 Å². The minimum Gasteiger partial charge on any atom is -0.467 e. The van der Waals surface area contributed by atoms with E-state index in [4.69, 9.17) is 13.7 Å². The summed E-state index contributed by atoms with van der Waals surface area (Å²) in [5.41, 5.74) is 0.391. The second-order valence-electron chi connectivity index (χ2n) is 6.89. The Hall–Kier alpha value is -3.51. The number of ether oxygens (including phenoxy) is 2. The molecule has 1 heterocycles. The van der Waals surface area contributed by atoms with Gasteiger partial charge in [0.15, 0.2) is 0 Å². The molecular weight excluding hydrogens is 444 g/mol. The molecular formula is C20H20N2O9S. The highest BCUT2D eigenvalue weighted by molar-refractivity contribution is 7.86. The number of carbonyl (C=O) groups excluding carboxylic acids is 2. The monoisotopic (exact) mass is 464 g/mol. The number of nitrogens with zero attached hydrogens (tertiary/aromatic N) is 2. The Balaban J connectivity index is 1.67. The number of esters is 1. The van der Waals surface area contributed by atoms with Crippen LogP contribution in [-0.4, -0.2) is 56.1 Å². The third-order valence-corrected chi connectivity index (χ3v) is 6.15. The van der Waals surface area contributed by atoms with Crippen LogP contribution in [0.25, 0.3) is 0 Å². The van der Waals surface area contributed by atoms with Gasteiger partial charge in [0.05, 0.1) is 29.6 Å². The zero-order valence-electron chi connectivity index (χ0n) is 16.9. The van der Waals surface area contributed by atoms with Crippen molar-refractivity contribution in [3.8, 4) is 0 Å². The fourth-order valence-corrected chi connectivity index (χ4v) is 4.29. The molecule has 0 saturated carbocycles. The summed E-state index contributed by atoms with van der Waals surface area (Å²) in [6.07, 6.45) is -1.94. The maximum atomic E-state index is 12.6. The lowest BCUT2D eigenvalue weighted by molar-refractivity contribution is -0.384. The first-order valence-electron chi connectivity index (χ1n) is 9.44. The van der Waals surface area contributed by atoms with Crippen molar-refractivity contribution in [3.63, 3.8) is 0 Å². The lowest BCUT2D eigenvalue weighted by Crippen LogP contribution is -2.41. The Morgan fingerprint density at radius 2 is 1.78 bits per heavy atom. The van der Waals surface area contributed by atoms with Crippen LogP contribution < -0.4 is 0 Å². The highest BCUT2D eigenvalue weighted by Crippen LogP contribution is 2.26. The van der Waals surface area contributed by atoms with Gasteiger partial charge in [-0.15, -0.1) is 0 Å². The molecule has 32 heavy (non-hydrogen) atoms. The molecule has 170 valence electrons. The highest BCUT2D eigenvalue weighted by Gasteiger charge is 2.43. The van der Waals surface area contributed by atoms with Gasteiger partial charge in [-0.2, -0.15) is 8.42 Å². The van der Waals surface area contributed by atoms with Crippen molar-refractivity contribution in [2.75, 3.05) is 13.7 Å². The number of nitro groups is 1. The third kappa shape index (κ3) is 5.39. The standard InChI is InChI=1S/C20H20N2O9S/c1-29-19(23)18-11-16(31-32(27,28)17-5-3-2-4-6-17)12-21(18)20(24)30-13-14-7-9-15(10-8-14)22(25)26/h2-10,16,18H,11-13H2,1H3. The topological polar surface area (TPSA) is 142 Å². The first-order valence-corrected chi connectivity index (χ1v) is 10.8.